The maximum Gasteiger partial charge on any atom is 0.144 e. The number of sulfone groups is 2. The summed E-state index contributed by atoms with van der Waals surface area (Å²) in [4.78, 5) is 66.1. The van der Waals surface area contributed by atoms with E-state index in [1.54, 1.807) is 0 Å². The predicted octanol–water partition coefficient (Wildman–Crippen LogP) is 3.62. The van der Waals surface area contributed by atoms with Gasteiger partial charge in [-0.05, 0) is 103 Å². The van der Waals surface area contributed by atoms with Crippen LogP contribution in [0.1, 0.15) is 104 Å². The van der Waals surface area contributed by atoms with Gasteiger partial charge in [-0.15, -0.1) is 0 Å². The SMILES string of the molecule is C.CC(C)=O.CC(C)=O.CC(C)=O.CC(C)=O.CC(C)=O.CC(C)=O.CC(C)=O.CS(=O)[O-].CS(C)(=O)=O.CS(C)(=O)=O. The number of Topliss-reactive ketones (excluding diaryl/α,β-unsaturated/α-hetero) is 7. The van der Waals surface area contributed by atoms with Gasteiger partial charge in [-0.2, -0.15) is 0 Å². The molecule has 43 heavy (non-hydrogen) atoms. The maximum atomic E-state index is 9.63. The molecule has 1 unspecified atom stereocenters. The summed E-state index contributed by atoms with van der Waals surface area (Å²) in [6.07, 6.45) is 5.72. The molecule has 0 fully saturated rings. The second-order valence-corrected chi connectivity index (χ2v) is 14.4. The van der Waals surface area contributed by atoms with Crippen molar-refractivity contribution in [2.45, 2.75) is 104 Å². The summed E-state index contributed by atoms with van der Waals surface area (Å²) >= 11 is -1.86. The lowest BCUT2D eigenvalue weighted by molar-refractivity contribution is -0.115. The van der Waals surface area contributed by atoms with Gasteiger partial charge < -0.3 is 38.1 Å². The van der Waals surface area contributed by atoms with Crippen molar-refractivity contribution in [2.75, 3.05) is 31.3 Å². The Kier molecular flexibility index (Phi) is 88.5. The van der Waals surface area contributed by atoms with Crippen molar-refractivity contribution in [3.8, 4) is 0 Å². The fraction of sp³-hybridized carbons (Fsp3) is 0.741. The predicted molar refractivity (Wildman–Crippen MR) is 178 cm³/mol. The molecule has 0 radical (unpaired) electrons. The molecule has 0 saturated heterocycles. The third kappa shape index (κ3) is 10700. The van der Waals surface area contributed by atoms with Crippen molar-refractivity contribution in [1.82, 2.24) is 0 Å². The molecular weight excluding hydrogens is 628 g/mol. The fourth-order valence-corrected chi connectivity index (χ4v) is 0. The molecule has 0 aliphatic heterocycles. The Hall–Kier alpha value is -2.30. The zero-order valence-corrected chi connectivity index (χ0v) is 31.5. The normalized spacial score (nSPS) is 8.37. The second-order valence-electron chi connectivity index (χ2n) is 9.05. The van der Waals surface area contributed by atoms with Crippen LogP contribution in [0.3, 0.4) is 0 Å². The van der Waals surface area contributed by atoms with E-state index >= 15 is 0 Å². The third-order valence-electron chi connectivity index (χ3n) is 0. The van der Waals surface area contributed by atoms with Gasteiger partial charge in [-0.25, -0.2) is 16.8 Å². The molecule has 0 saturated carbocycles. The molecule has 0 amide bonds. The summed E-state index contributed by atoms with van der Waals surface area (Å²) in [6.45, 7) is 21.4. The number of carbonyl (C=O) groups is 7. The first-order chi connectivity index (χ1) is 17.9. The van der Waals surface area contributed by atoms with Gasteiger partial charge in [0, 0.05) is 25.0 Å². The van der Waals surface area contributed by atoms with Crippen LogP contribution in [0.15, 0.2) is 0 Å². The maximum absolute atomic E-state index is 9.63. The molecule has 0 aromatic carbocycles. The molecule has 0 aromatic heterocycles. The molecule has 1 atom stereocenters. The molecule has 0 aliphatic rings. The van der Waals surface area contributed by atoms with Crippen molar-refractivity contribution in [3.05, 3.63) is 0 Å². The van der Waals surface area contributed by atoms with Gasteiger partial charge in [0.15, 0.2) is 0 Å². The first-order valence-electron chi connectivity index (χ1n) is 11.5. The van der Waals surface area contributed by atoms with Crippen LogP contribution < -0.4 is 0 Å². The van der Waals surface area contributed by atoms with Crippen molar-refractivity contribution >= 4 is 71.2 Å². The van der Waals surface area contributed by atoms with E-state index in [0.717, 1.165) is 31.3 Å². The summed E-state index contributed by atoms with van der Waals surface area (Å²) in [6, 6.07) is 0. The van der Waals surface area contributed by atoms with E-state index in [1.807, 2.05) is 0 Å². The Morgan fingerprint density at radius 3 is 0.395 bits per heavy atom. The first kappa shape index (κ1) is 72.7. The van der Waals surface area contributed by atoms with Crippen LogP contribution in [0, 0.1) is 0 Å². The summed E-state index contributed by atoms with van der Waals surface area (Å²) in [7, 11) is -5.33. The highest BCUT2D eigenvalue weighted by molar-refractivity contribution is 7.90. The highest BCUT2D eigenvalue weighted by atomic mass is 32.2. The van der Waals surface area contributed by atoms with Gasteiger partial charge in [0.2, 0.25) is 0 Å². The van der Waals surface area contributed by atoms with E-state index in [-0.39, 0.29) is 47.9 Å². The average molecular weight is 690 g/mol. The van der Waals surface area contributed by atoms with E-state index in [9.17, 15) is 50.4 Å². The molecule has 266 valence electrons. The van der Waals surface area contributed by atoms with Gasteiger partial charge in [0.05, 0.1) is 0 Å². The van der Waals surface area contributed by atoms with Crippen LogP contribution in [0.2, 0.25) is 0 Å². The zero-order valence-electron chi connectivity index (χ0n) is 29.0. The number of hydrogen-bond donors (Lipinski definition) is 0. The molecule has 16 heteroatoms. The summed E-state index contributed by atoms with van der Waals surface area (Å²) < 4.78 is 56.5. The largest absolute Gasteiger partial charge is 0.773 e. The van der Waals surface area contributed by atoms with Crippen molar-refractivity contribution in [3.63, 3.8) is 0 Å². The van der Waals surface area contributed by atoms with Crippen LogP contribution in [0.4, 0.5) is 0 Å². The first-order valence-corrected chi connectivity index (χ1v) is 17.6. The minimum absolute atomic E-state index is 0. The van der Waals surface area contributed by atoms with Gasteiger partial charge in [-0.1, -0.05) is 18.5 Å². The van der Waals surface area contributed by atoms with Crippen LogP contribution in [0.5, 0.6) is 0 Å². The lowest BCUT2D eigenvalue weighted by atomic mass is 10.6. The lowest BCUT2D eigenvalue weighted by Gasteiger charge is -1.85. The van der Waals surface area contributed by atoms with Crippen molar-refractivity contribution in [2.24, 2.45) is 0 Å². The second kappa shape index (κ2) is 52.4. The van der Waals surface area contributed by atoms with E-state index in [0.29, 0.717) is 0 Å². The Bertz CT molecular complexity index is 727. The Morgan fingerprint density at radius 1 is 0.395 bits per heavy atom. The lowest BCUT2D eigenvalue weighted by Crippen LogP contribution is -1.86. The summed E-state index contributed by atoms with van der Waals surface area (Å²) in [5, 5.41) is 0. The summed E-state index contributed by atoms with van der Waals surface area (Å²) in [5.41, 5.74) is 0. The van der Waals surface area contributed by atoms with Gasteiger partial charge >= 0.3 is 0 Å². The van der Waals surface area contributed by atoms with Crippen LogP contribution >= 0.6 is 0 Å². The van der Waals surface area contributed by atoms with Gasteiger partial charge in [0.1, 0.15) is 60.2 Å². The fourth-order valence-electron chi connectivity index (χ4n) is 0. The standard InChI is InChI=1S/7C3H6O.2C2H6O2S.CH4O2S.CH4/c7*1-3(2)4;2*1-5(2,3)4;1-4(2)3;/h7*1-2H3;2*1-2H3;1H3,(H,2,3);1H4/p-1. The molecule has 0 bridgehead atoms. The van der Waals surface area contributed by atoms with E-state index < -0.39 is 30.8 Å². The monoisotopic (exact) mass is 689 g/mol. The van der Waals surface area contributed by atoms with Gasteiger partial charge in [0.25, 0.3) is 0 Å². The molecule has 0 N–H and O–H groups in total. The molecule has 0 aliphatic carbocycles. The third-order valence-corrected chi connectivity index (χ3v) is 0. The summed E-state index contributed by atoms with van der Waals surface area (Å²) in [5.74, 6) is 1.17. The number of rotatable bonds is 0. The van der Waals surface area contributed by atoms with Crippen molar-refractivity contribution in [1.29, 1.82) is 0 Å². The molecular formula is C27H61O13S3-. The topological polar surface area (TPSA) is 228 Å². The average Bonchev–Trinajstić information content (AvgIpc) is 2.45. The number of hydrogen-bond acceptors (Lipinski definition) is 13. The Labute approximate surface area is 265 Å². The van der Waals surface area contributed by atoms with Crippen molar-refractivity contribution < 1.29 is 59.2 Å². The Morgan fingerprint density at radius 2 is 0.395 bits per heavy atom. The van der Waals surface area contributed by atoms with E-state index in [4.69, 9.17) is 8.76 Å². The molecule has 13 nitrogen and oxygen atoms in total. The molecule has 0 heterocycles. The molecule has 0 aromatic rings. The van der Waals surface area contributed by atoms with E-state index in [2.05, 4.69) is 0 Å². The molecule has 0 rings (SSSR count). The van der Waals surface area contributed by atoms with E-state index in [1.165, 1.54) is 96.9 Å². The zero-order chi connectivity index (χ0) is 37.6. The van der Waals surface area contributed by atoms with Crippen LogP contribution in [-0.4, -0.2) is 97.4 Å². The minimum atomic E-state index is -2.67. The Balaban J connectivity index is -0.0000000294. The quantitative estimate of drug-likeness (QED) is 0.331. The minimum Gasteiger partial charge on any atom is -0.773 e. The molecule has 0 spiro atoms. The smallest absolute Gasteiger partial charge is 0.144 e. The van der Waals surface area contributed by atoms with Crippen LogP contribution in [0.25, 0.3) is 0 Å². The highest BCUT2D eigenvalue weighted by Crippen LogP contribution is 1.62. The number of ketones is 7. The number of carbonyl (C=O) groups excluding carboxylic acids is 7. The van der Waals surface area contributed by atoms with Crippen LogP contribution in [-0.2, 0) is 64.3 Å². The highest BCUT2D eigenvalue weighted by Gasteiger charge is 1.79. The van der Waals surface area contributed by atoms with Gasteiger partial charge in [-0.3, -0.25) is 4.21 Å².